The van der Waals surface area contributed by atoms with Crippen LogP contribution in [0.3, 0.4) is 0 Å². The number of piperazine rings is 1. The summed E-state index contributed by atoms with van der Waals surface area (Å²) >= 11 is 5.94. The van der Waals surface area contributed by atoms with E-state index >= 15 is 0 Å². The van der Waals surface area contributed by atoms with Crippen molar-refractivity contribution in [2.75, 3.05) is 46.1 Å². The summed E-state index contributed by atoms with van der Waals surface area (Å²) in [6, 6.07) is 13.1. The van der Waals surface area contributed by atoms with Gasteiger partial charge in [-0.25, -0.2) is 0 Å². The lowest BCUT2D eigenvalue weighted by atomic mass is 10.2. The van der Waals surface area contributed by atoms with E-state index in [-0.39, 0.29) is 13.4 Å². The first-order valence-corrected chi connectivity index (χ1v) is 11.7. The van der Waals surface area contributed by atoms with E-state index in [4.69, 9.17) is 30.3 Å². The van der Waals surface area contributed by atoms with Gasteiger partial charge in [-0.15, -0.1) is 0 Å². The maximum absolute atomic E-state index is 10.4. The number of fused-ring (bicyclic) bond motifs is 1. The van der Waals surface area contributed by atoms with Crippen LogP contribution >= 0.6 is 11.6 Å². The van der Waals surface area contributed by atoms with Crippen LogP contribution in [-0.2, 0) is 17.9 Å². The summed E-state index contributed by atoms with van der Waals surface area (Å²) in [7, 11) is 0. The van der Waals surface area contributed by atoms with Crippen LogP contribution < -0.4 is 9.47 Å². The summed E-state index contributed by atoms with van der Waals surface area (Å²) < 4.78 is 21.8. The number of halogens is 1. The molecule has 2 aliphatic rings. The lowest BCUT2D eigenvalue weighted by Gasteiger charge is -2.34. The summed E-state index contributed by atoms with van der Waals surface area (Å²) in [5, 5.41) is 15.1. The Balaban J connectivity index is 1.01. The lowest BCUT2D eigenvalue weighted by Crippen LogP contribution is -2.48. The second-order valence-corrected chi connectivity index (χ2v) is 8.89. The minimum absolute atomic E-state index is 0.255. The summed E-state index contributed by atoms with van der Waals surface area (Å²) in [6.45, 7) is 5.59. The topological polar surface area (TPSA) is 93.3 Å². The molecule has 3 aromatic rings. The highest BCUT2D eigenvalue weighted by Crippen LogP contribution is 2.32. The molecule has 0 radical (unpaired) electrons. The van der Waals surface area contributed by atoms with Gasteiger partial charge in [0.25, 0.3) is 0 Å². The summed E-state index contributed by atoms with van der Waals surface area (Å²) in [5.74, 6) is 2.65. The van der Waals surface area contributed by atoms with Crippen molar-refractivity contribution >= 4 is 11.6 Å². The van der Waals surface area contributed by atoms with Crippen LogP contribution in [0.15, 0.2) is 47.0 Å². The molecule has 1 saturated heterocycles. The van der Waals surface area contributed by atoms with Gasteiger partial charge in [0, 0.05) is 43.3 Å². The lowest BCUT2D eigenvalue weighted by molar-refractivity contribution is 0.000239. The van der Waals surface area contributed by atoms with E-state index in [0.29, 0.717) is 36.4 Å². The first kappa shape index (κ1) is 23.1. The van der Waals surface area contributed by atoms with Gasteiger partial charge in [0.15, 0.2) is 11.5 Å². The van der Waals surface area contributed by atoms with Crippen LogP contribution in [-0.4, -0.2) is 77.3 Å². The maximum atomic E-state index is 10.4. The first-order chi connectivity index (χ1) is 16.6. The van der Waals surface area contributed by atoms with Gasteiger partial charge in [-0.1, -0.05) is 22.8 Å². The minimum atomic E-state index is -0.543. The van der Waals surface area contributed by atoms with Crippen molar-refractivity contribution in [3.63, 3.8) is 0 Å². The minimum Gasteiger partial charge on any atom is -0.454 e. The molecular formula is C24H27ClN4O5. The smallest absolute Gasteiger partial charge is 0.241 e. The van der Waals surface area contributed by atoms with Gasteiger partial charge >= 0.3 is 0 Å². The van der Waals surface area contributed by atoms with Crippen LogP contribution in [0.1, 0.15) is 11.5 Å². The number of benzene rings is 2. The fourth-order valence-corrected chi connectivity index (χ4v) is 4.18. The predicted octanol–water partition coefficient (Wildman–Crippen LogP) is 2.81. The fourth-order valence-electron chi connectivity index (χ4n) is 4.05. The highest BCUT2D eigenvalue weighted by molar-refractivity contribution is 6.30. The number of β-amino-alcohol motifs (C(OH)–C–C–N with tert-alkyl or cyclic N) is 1. The Hall–Kier alpha value is -2.69. The Labute approximate surface area is 202 Å². The Morgan fingerprint density at radius 2 is 1.76 bits per heavy atom. The molecule has 1 atom stereocenters. The number of ether oxygens (including phenoxy) is 3. The Kier molecular flexibility index (Phi) is 7.27. The Morgan fingerprint density at radius 3 is 2.59 bits per heavy atom. The standard InChI is InChI=1S/C24H27ClN4O5/c25-19-4-2-18(3-5-19)24-26-23(34-27-24)13-29-9-7-28(8-10-29)12-20(30)15-31-14-17-1-6-21-22(11-17)33-16-32-21/h1-6,11,20,30H,7-10,12-16H2/t20-/m1/s1. The fraction of sp³-hybridized carbons (Fsp3) is 0.417. The van der Waals surface area contributed by atoms with Crippen molar-refractivity contribution in [1.29, 1.82) is 0 Å². The average Bonchev–Trinajstić information content (AvgIpc) is 3.50. The molecule has 2 aromatic carbocycles. The highest BCUT2D eigenvalue weighted by atomic mass is 35.5. The molecule has 0 saturated carbocycles. The number of hydrogen-bond donors (Lipinski definition) is 1. The van der Waals surface area contributed by atoms with Gasteiger partial charge in [-0.05, 0) is 42.0 Å². The van der Waals surface area contributed by atoms with Gasteiger partial charge < -0.3 is 23.8 Å². The number of aliphatic hydroxyl groups excluding tert-OH is 1. The van der Waals surface area contributed by atoms with Crippen molar-refractivity contribution in [2.45, 2.75) is 19.3 Å². The molecule has 0 spiro atoms. The Morgan fingerprint density at radius 1 is 1.00 bits per heavy atom. The second-order valence-electron chi connectivity index (χ2n) is 8.45. The molecule has 5 rings (SSSR count). The zero-order valence-corrected chi connectivity index (χ0v) is 19.5. The number of aliphatic hydroxyl groups is 1. The van der Waals surface area contributed by atoms with Crippen molar-refractivity contribution in [2.24, 2.45) is 0 Å². The van der Waals surface area contributed by atoms with Crippen molar-refractivity contribution in [3.05, 3.63) is 58.9 Å². The number of hydrogen-bond acceptors (Lipinski definition) is 9. The van der Waals surface area contributed by atoms with Crippen LogP contribution in [0.5, 0.6) is 11.5 Å². The molecule has 10 heteroatoms. The zero-order valence-electron chi connectivity index (χ0n) is 18.7. The van der Waals surface area contributed by atoms with E-state index in [1.807, 2.05) is 42.5 Å². The normalized spacial score (nSPS) is 17.2. The van der Waals surface area contributed by atoms with Crippen molar-refractivity contribution in [1.82, 2.24) is 19.9 Å². The van der Waals surface area contributed by atoms with Crippen molar-refractivity contribution in [3.8, 4) is 22.9 Å². The molecule has 0 bridgehead atoms. The van der Waals surface area contributed by atoms with Crippen molar-refractivity contribution < 1.29 is 23.8 Å². The van der Waals surface area contributed by atoms with Gasteiger partial charge in [0.1, 0.15) is 0 Å². The van der Waals surface area contributed by atoms with Crippen LogP contribution in [0.2, 0.25) is 5.02 Å². The number of nitrogens with zero attached hydrogens (tertiary/aromatic N) is 4. The molecule has 2 aliphatic heterocycles. The molecule has 34 heavy (non-hydrogen) atoms. The van der Waals surface area contributed by atoms with E-state index < -0.39 is 6.10 Å². The van der Waals surface area contributed by atoms with Crippen LogP contribution in [0, 0.1) is 0 Å². The van der Waals surface area contributed by atoms with E-state index in [9.17, 15) is 5.11 Å². The molecule has 0 unspecified atom stereocenters. The third-order valence-electron chi connectivity index (χ3n) is 5.88. The predicted molar refractivity (Wildman–Crippen MR) is 125 cm³/mol. The van der Waals surface area contributed by atoms with Crippen LogP contribution in [0.25, 0.3) is 11.4 Å². The highest BCUT2D eigenvalue weighted by Gasteiger charge is 2.21. The molecule has 0 aliphatic carbocycles. The average molecular weight is 487 g/mol. The summed E-state index contributed by atoms with van der Waals surface area (Å²) in [6.07, 6.45) is -0.543. The van der Waals surface area contributed by atoms with E-state index in [0.717, 1.165) is 48.8 Å². The third-order valence-corrected chi connectivity index (χ3v) is 6.13. The van der Waals surface area contributed by atoms with Crippen LogP contribution in [0.4, 0.5) is 0 Å². The molecule has 180 valence electrons. The maximum Gasteiger partial charge on any atom is 0.241 e. The number of aromatic nitrogens is 2. The monoisotopic (exact) mass is 486 g/mol. The molecule has 3 heterocycles. The molecular weight excluding hydrogens is 460 g/mol. The first-order valence-electron chi connectivity index (χ1n) is 11.3. The Bertz CT molecular complexity index is 1090. The SMILES string of the molecule is O[C@@H](COCc1ccc2c(c1)OCO2)CN1CCN(Cc2nc(-c3ccc(Cl)cc3)no2)CC1. The third kappa shape index (κ3) is 5.86. The van der Waals surface area contributed by atoms with E-state index in [1.165, 1.54) is 0 Å². The molecule has 1 N–H and O–H groups in total. The van der Waals surface area contributed by atoms with E-state index in [2.05, 4.69) is 19.9 Å². The summed E-state index contributed by atoms with van der Waals surface area (Å²) in [4.78, 5) is 9.03. The molecule has 1 aromatic heterocycles. The summed E-state index contributed by atoms with van der Waals surface area (Å²) in [5.41, 5.74) is 1.87. The van der Waals surface area contributed by atoms with Gasteiger partial charge in [0.05, 0.1) is 25.9 Å². The second kappa shape index (κ2) is 10.7. The van der Waals surface area contributed by atoms with Gasteiger partial charge in [0.2, 0.25) is 18.5 Å². The largest absolute Gasteiger partial charge is 0.454 e. The van der Waals surface area contributed by atoms with E-state index in [1.54, 1.807) is 0 Å². The molecule has 0 amide bonds. The van der Waals surface area contributed by atoms with Gasteiger partial charge in [-0.3, -0.25) is 9.80 Å². The quantitative estimate of drug-likeness (QED) is 0.490. The molecule has 1 fully saturated rings. The molecule has 9 nitrogen and oxygen atoms in total. The number of rotatable bonds is 9. The van der Waals surface area contributed by atoms with Gasteiger partial charge in [-0.2, -0.15) is 4.98 Å². The zero-order chi connectivity index (χ0) is 23.3.